The Morgan fingerprint density at radius 1 is 1.12 bits per heavy atom. The van der Waals surface area contributed by atoms with E-state index in [-0.39, 0.29) is 5.96 Å². The van der Waals surface area contributed by atoms with Gasteiger partial charge in [0.15, 0.2) is 5.96 Å². The molecule has 0 aliphatic carbocycles. The van der Waals surface area contributed by atoms with Crippen molar-refractivity contribution in [2.75, 3.05) is 6.26 Å². The molecule has 1 aromatic heterocycles. The molecule has 9 heteroatoms. The summed E-state index contributed by atoms with van der Waals surface area (Å²) in [4.78, 5) is 15.5. The van der Waals surface area contributed by atoms with E-state index in [4.69, 9.17) is 16.0 Å². The van der Waals surface area contributed by atoms with Gasteiger partial charge < -0.3 is 11.5 Å². The van der Waals surface area contributed by atoms with Gasteiger partial charge in [-0.3, -0.25) is 9.35 Å². The lowest BCUT2D eigenvalue weighted by molar-refractivity contribution is 0.100. The Morgan fingerprint density at radius 3 is 2.42 bits per heavy atom. The molecular weight excluding hydrogens is 374 g/mol. The first kappa shape index (κ1) is 19.6. The Kier molecular flexibility index (Phi) is 6.09. The number of nitrogens with zero attached hydrogens (tertiary/aromatic N) is 1. The molecule has 0 spiro atoms. The monoisotopic (exact) mass is 391 g/mol. The zero-order chi connectivity index (χ0) is 19.3. The molecule has 0 saturated heterocycles. The van der Waals surface area contributed by atoms with E-state index in [2.05, 4.69) is 22.5 Å². The molecule has 2 aromatic carbocycles. The van der Waals surface area contributed by atoms with Crippen LogP contribution in [0.15, 0.2) is 58.9 Å². The van der Waals surface area contributed by atoms with E-state index in [1.54, 1.807) is 23.5 Å². The lowest BCUT2D eigenvalue weighted by atomic mass is 10.00. The minimum absolute atomic E-state index is 0.231. The van der Waals surface area contributed by atoms with E-state index < -0.39 is 16.0 Å². The van der Waals surface area contributed by atoms with Crippen LogP contribution in [0.5, 0.6) is 0 Å². The number of fused-ring (bicyclic) bond motifs is 1. The molecule has 1 heterocycles. The molecule has 0 saturated carbocycles. The zero-order valence-corrected chi connectivity index (χ0v) is 15.4. The summed E-state index contributed by atoms with van der Waals surface area (Å²) in [7, 11) is -3.67. The highest BCUT2D eigenvalue weighted by Gasteiger charge is 2.09. The first-order valence-corrected chi connectivity index (χ1v) is 10.0. The number of amides is 1. The topological polar surface area (TPSA) is 136 Å². The summed E-state index contributed by atoms with van der Waals surface area (Å²) < 4.78 is 27.1. The molecule has 0 radical (unpaired) electrons. The van der Waals surface area contributed by atoms with Crippen LogP contribution in [0.2, 0.25) is 0 Å². The first-order valence-electron chi connectivity index (χ1n) is 7.28. The number of nitrogens with two attached hydrogens (primary N) is 2. The van der Waals surface area contributed by atoms with Gasteiger partial charge in [0, 0.05) is 15.6 Å². The molecule has 26 heavy (non-hydrogen) atoms. The Hall–Kier alpha value is -2.75. The van der Waals surface area contributed by atoms with Gasteiger partial charge in [-0.25, -0.2) is 0 Å². The molecule has 0 atom stereocenters. The fraction of sp³-hybridized carbons (Fsp3) is 0.0588. The third-order valence-corrected chi connectivity index (χ3v) is 4.03. The van der Waals surface area contributed by atoms with Gasteiger partial charge in [0.25, 0.3) is 16.0 Å². The standard InChI is InChI=1S/C16H13N3OS.CH4O3S/c17-16(18)19-15(20)11-4-1-3-10(9-11)12-5-2-6-14-13(12)7-8-21-14;1-5(2,3)4/h1-9H,(H4,17,18,19,20);1H3,(H,2,3,4). The highest BCUT2D eigenvalue weighted by atomic mass is 32.2. The molecule has 0 aliphatic rings. The third-order valence-electron chi connectivity index (χ3n) is 3.15. The lowest BCUT2D eigenvalue weighted by Crippen LogP contribution is -2.24. The molecule has 3 aromatic rings. The largest absolute Gasteiger partial charge is 0.370 e. The van der Waals surface area contributed by atoms with Crippen LogP contribution in [0, 0.1) is 0 Å². The van der Waals surface area contributed by atoms with Crippen LogP contribution in [0.25, 0.3) is 21.2 Å². The van der Waals surface area contributed by atoms with Gasteiger partial charge in [-0.05, 0) is 40.8 Å². The number of guanidine groups is 1. The number of rotatable bonds is 2. The highest BCUT2D eigenvalue weighted by molar-refractivity contribution is 7.85. The second kappa shape index (κ2) is 8.09. The Morgan fingerprint density at radius 2 is 1.77 bits per heavy atom. The van der Waals surface area contributed by atoms with Gasteiger partial charge in [-0.15, -0.1) is 11.3 Å². The summed E-state index contributed by atoms with van der Waals surface area (Å²) in [5.74, 6) is -0.667. The second-order valence-electron chi connectivity index (χ2n) is 5.29. The number of carbonyl (C=O) groups is 1. The van der Waals surface area contributed by atoms with Gasteiger partial charge in [0.2, 0.25) is 0 Å². The minimum Gasteiger partial charge on any atom is -0.370 e. The SMILES string of the molecule is CS(=O)(=O)O.NC(N)=NC(=O)c1cccc(-c2cccc3sccc23)c1. The van der Waals surface area contributed by atoms with Crippen molar-refractivity contribution in [3.05, 3.63) is 59.5 Å². The summed E-state index contributed by atoms with van der Waals surface area (Å²) in [6.45, 7) is 0. The van der Waals surface area contributed by atoms with E-state index in [9.17, 15) is 13.2 Å². The quantitative estimate of drug-likeness (QED) is 0.349. The molecule has 0 aliphatic heterocycles. The number of aliphatic imine (C=N–C) groups is 1. The maximum atomic E-state index is 11.9. The summed E-state index contributed by atoms with van der Waals surface area (Å²) in [6.07, 6.45) is 0.715. The van der Waals surface area contributed by atoms with E-state index >= 15 is 0 Å². The second-order valence-corrected chi connectivity index (χ2v) is 7.71. The fourth-order valence-electron chi connectivity index (χ4n) is 2.25. The molecule has 1 amide bonds. The van der Waals surface area contributed by atoms with Crippen molar-refractivity contribution in [2.45, 2.75) is 0 Å². The molecule has 0 unspecified atom stereocenters. The Labute approximate surface area is 154 Å². The van der Waals surface area contributed by atoms with E-state index in [1.807, 2.05) is 24.3 Å². The van der Waals surface area contributed by atoms with Crippen molar-refractivity contribution in [1.82, 2.24) is 0 Å². The number of hydrogen-bond donors (Lipinski definition) is 3. The fourth-order valence-corrected chi connectivity index (χ4v) is 3.06. The smallest absolute Gasteiger partial charge is 0.280 e. The van der Waals surface area contributed by atoms with Gasteiger partial charge in [0.05, 0.1) is 6.26 Å². The van der Waals surface area contributed by atoms with Crippen molar-refractivity contribution in [3.63, 3.8) is 0 Å². The average molecular weight is 391 g/mol. The summed E-state index contributed by atoms with van der Waals surface area (Å²) in [5.41, 5.74) is 13.0. The Balaban J connectivity index is 0.000000431. The average Bonchev–Trinajstić information content (AvgIpc) is 3.01. The predicted molar refractivity (Wildman–Crippen MR) is 105 cm³/mol. The van der Waals surface area contributed by atoms with E-state index in [1.165, 1.54) is 10.1 Å². The van der Waals surface area contributed by atoms with Crippen molar-refractivity contribution in [2.24, 2.45) is 16.5 Å². The van der Waals surface area contributed by atoms with Crippen molar-refractivity contribution < 1.29 is 17.8 Å². The lowest BCUT2D eigenvalue weighted by Gasteiger charge is -2.05. The van der Waals surface area contributed by atoms with Crippen LogP contribution < -0.4 is 11.5 Å². The van der Waals surface area contributed by atoms with E-state index in [0.29, 0.717) is 11.8 Å². The summed E-state index contributed by atoms with van der Waals surface area (Å²) in [6, 6.07) is 15.5. The summed E-state index contributed by atoms with van der Waals surface area (Å²) >= 11 is 1.69. The van der Waals surface area contributed by atoms with Crippen LogP contribution in [0.4, 0.5) is 0 Å². The minimum atomic E-state index is -3.67. The number of carbonyl (C=O) groups excluding carboxylic acids is 1. The number of thiophene rings is 1. The maximum absolute atomic E-state index is 11.9. The van der Waals surface area contributed by atoms with Crippen LogP contribution in [0.1, 0.15) is 10.4 Å². The molecule has 0 fully saturated rings. The highest BCUT2D eigenvalue weighted by Crippen LogP contribution is 2.32. The Bertz CT molecular complexity index is 1060. The molecular formula is C17H17N3O4S2. The molecule has 3 rings (SSSR count). The van der Waals surface area contributed by atoms with Crippen LogP contribution in [-0.4, -0.2) is 31.1 Å². The third kappa shape index (κ3) is 5.66. The van der Waals surface area contributed by atoms with Crippen molar-refractivity contribution in [1.29, 1.82) is 0 Å². The van der Waals surface area contributed by atoms with Crippen LogP contribution in [0.3, 0.4) is 0 Å². The van der Waals surface area contributed by atoms with Gasteiger partial charge in [0.1, 0.15) is 0 Å². The predicted octanol–water partition coefficient (Wildman–Crippen LogP) is 2.49. The molecule has 136 valence electrons. The molecule has 7 nitrogen and oxygen atoms in total. The van der Waals surface area contributed by atoms with Gasteiger partial charge >= 0.3 is 0 Å². The van der Waals surface area contributed by atoms with Gasteiger partial charge in [-0.1, -0.05) is 24.3 Å². The van der Waals surface area contributed by atoms with Crippen molar-refractivity contribution >= 4 is 43.4 Å². The van der Waals surface area contributed by atoms with E-state index in [0.717, 1.165) is 11.1 Å². The van der Waals surface area contributed by atoms with Crippen LogP contribution >= 0.6 is 11.3 Å². The summed E-state index contributed by atoms with van der Waals surface area (Å²) in [5, 5.41) is 3.23. The normalized spacial score (nSPS) is 10.7. The van der Waals surface area contributed by atoms with Crippen LogP contribution in [-0.2, 0) is 10.1 Å². The molecule has 5 N–H and O–H groups in total. The number of benzene rings is 2. The van der Waals surface area contributed by atoms with Gasteiger partial charge in [-0.2, -0.15) is 13.4 Å². The number of hydrogen-bond acceptors (Lipinski definition) is 4. The molecule has 0 bridgehead atoms. The van der Waals surface area contributed by atoms with Crippen molar-refractivity contribution in [3.8, 4) is 11.1 Å². The first-order chi connectivity index (χ1) is 12.1. The zero-order valence-electron chi connectivity index (χ0n) is 13.8. The maximum Gasteiger partial charge on any atom is 0.280 e.